The van der Waals surface area contributed by atoms with Crippen molar-refractivity contribution in [1.82, 2.24) is 15.2 Å². The van der Waals surface area contributed by atoms with Crippen LogP contribution in [0, 0.1) is 0 Å². The maximum Gasteiger partial charge on any atom is 0.453 e. The third-order valence-corrected chi connectivity index (χ3v) is 1.70. The van der Waals surface area contributed by atoms with Gasteiger partial charge in [-0.2, -0.15) is 13.2 Å². The Morgan fingerprint density at radius 3 is 1.94 bits per heavy atom. The van der Waals surface area contributed by atoms with Crippen molar-refractivity contribution < 1.29 is 32.2 Å². The molecular formula is C8H6F3N3O4. The third kappa shape index (κ3) is 2.70. The summed E-state index contributed by atoms with van der Waals surface area (Å²) in [5.41, 5.74) is -1.66. The molecule has 0 bridgehead atoms. The molecule has 0 aliphatic carbocycles. The van der Waals surface area contributed by atoms with Gasteiger partial charge in [-0.25, -0.2) is 14.6 Å². The first kappa shape index (κ1) is 13.8. The van der Waals surface area contributed by atoms with Crippen molar-refractivity contribution in [3.05, 3.63) is 17.2 Å². The van der Waals surface area contributed by atoms with Crippen LogP contribution in [0.25, 0.3) is 0 Å². The molecule has 0 atom stereocenters. The molecule has 0 fully saturated rings. The van der Waals surface area contributed by atoms with Gasteiger partial charge in [-0.15, -0.1) is 10.2 Å². The minimum atomic E-state index is -4.90. The Balaban J connectivity index is 3.39. The van der Waals surface area contributed by atoms with Crippen LogP contribution in [-0.4, -0.2) is 41.3 Å². The fourth-order valence-electron chi connectivity index (χ4n) is 0.919. The molecule has 0 N–H and O–H groups in total. The van der Waals surface area contributed by atoms with Gasteiger partial charge in [0, 0.05) is 0 Å². The summed E-state index contributed by atoms with van der Waals surface area (Å²) in [6.45, 7) is 0. The number of hydrogen-bond acceptors (Lipinski definition) is 7. The number of nitrogens with zero attached hydrogens (tertiary/aromatic N) is 3. The lowest BCUT2D eigenvalue weighted by Gasteiger charge is -2.07. The van der Waals surface area contributed by atoms with Gasteiger partial charge in [-0.1, -0.05) is 0 Å². The van der Waals surface area contributed by atoms with Gasteiger partial charge >= 0.3 is 18.1 Å². The fourth-order valence-corrected chi connectivity index (χ4v) is 0.919. The summed E-state index contributed by atoms with van der Waals surface area (Å²) in [6, 6.07) is 0. The molecule has 18 heavy (non-hydrogen) atoms. The highest BCUT2D eigenvalue weighted by molar-refractivity contribution is 5.99. The second-order valence-corrected chi connectivity index (χ2v) is 2.81. The SMILES string of the molecule is COC(=O)c1nnc(C(F)(F)F)nc1C(=O)OC. The van der Waals surface area contributed by atoms with Crippen molar-refractivity contribution in [2.45, 2.75) is 6.18 Å². The molecule has 0 saturated carbocycles. The quantitative estimate of drug-likeness (QED) is 0.717. The van der Waals surface area contributed by atoms with Crippen LogP contribution in [0.4, 0.5) is 13.2 Å². The van der Waals surface area contributed by atoms with Gasteiger partial charge in [0.15, 0.2) is 5.69 Å². The monoisotopic (exact) mass is 265 g/mol. The lowest BCUT2D eigenvalue weighted by Crippen LogP contribution is -2.22. The van der Waals surface area contributed by atoms with E-state index >= 15 is 0 Å². The molecule has 0 saturated heterocycles. The van der Waals surface area contributed by atoms with Crippen molar-refractivity contribution in [1.29, 1.82) is 0 Å². The van der Waals surface area contributed by atoms with E-state index in [1.54, 1.807) is 0 Å². The summed E-state index contributed by atoms with van der Waals surface area (Å²) in [5, 5.41) is 5.68. The minimum Gasteiger partial charge on any atom is -0.464 e. The van der Waals surface area contributed by atoms with Gasteiger partial charge in [0.25, 0.3) is 5.82 Å². The maximum atomic E-state index is 12.3. The Bertz CT molecular complexity index is 489. The summed E-state index contributed by atoms with van der Waals surface area (Å²) < 4.78 is 45.4. The highest BCUT2D eigenvalue weighted by Crippen LogP contribution is 2.25. The molecule has 98 valence electrons. The van der Waals surface area contributed by atoms with Crippen molar-refractivity contribution in [3.63, 3.8) is 0 Å². The standard InChI is InChI=1S/C8H6F3N3O4/c1-17-5(15)3-4(6(16)18-2)13-14-7(12-3)8(9,10)11/h1-2H3. The number of hydrogen-bond donors (Lipinski definition) is 0. The zero-order chi connectivity index (χ0) is 13.9. The zero-order valence-electron chi connectivity index (χ0n) is 9.11. The Hall–Kier alpha value is -2.26. The van der Waals surface area contributed by atoms with E-state index in [-0.39, 0.29) is 0 Å². The van der Waals surface area contributed by atoms with Gasteiger partial charge in [-0.05, 0) is 0 Å². The summed E-state index contributed by atoms with van der Waals surface area (Å²) in [6.07, 6.45) is -4.90. The number of ether oxygens (including phenoxy) is 2. The van der Waals surface area contributed by atoms with E-state index in [0.717, 1.165) is 14.2 Å². The highest BCUT2D eigenvalue weighted by atomic mass is 19.4. The molecule has 0 aliphatic heterocycles. The van der Waals surface area contributed by atoms with Crippen molar-refractivity contribution >= 4 is 11.9 Å². The molecule has 0 spiro atoms. The number of methoxy groups -OCH3 is 2. The van der Waals surface area contributed by atoms with E-state index in [0.29, 0.717) is 0 Å². The average Bonchev–Trinajstić information content (AvgIpc) is 2.35. The number of halogens is 3. The number of rotatable bonds is 2. The van der Waals surface area contributed by atoms with Crippen molar-refractivity contribution in [3.8, 4) is 0 Å². The van der Waals surface area contributed by atoms with E-state index in [1.807, 2.05) is 0 Å². The number of esters is 2. The van der Waals surface area contributed by atoms with E-state index < -0.39 is 35.3 Å². The fraction of sp³-hybridized carbons (Fsp3) is 0.375. The largest absolute Gasteiger partial charge is 0.464 e. The predicted octanol–water partition coefficient (Wildman–Crippen LogP) is 0.464. The van der Waals surface area contributed by atoms with Gasteiger partial charge in [0.05, 0.1) is 14.2 Å². The molecule has 0 aromatic carbocycles. The topological polar surface area (TPSA) is 91.3 Å². The predicted molar refractivity (Wildman–Crippen MR) is 47.5 cm³/mol. The van der Waals surface area contributed by atoms with Crippen LogP contribution in [-0.2, 0) is 15.7 Å². The lowest BCUT2D eigenvalue weighted by atomic mass is 10.3. The Labute approximate surface area is 97.9 Å². The molecule has 7 nitrogen and oxygen atoms in total. The van der Waals surface area contributed by atoms with Gasteiger partial charge in [0.1, 0.15) is 0 Å². The van der Waals surface area contributed by atoms with Crippen LogP contribution < -0.4 is 0 Å². The summed E-state index contributed by atoms with van der Waals surface area (Å²) in [4.78, 5) is 25.3. The zero-order valence-corrected chi connectivity index (χ0v) is 9.11. The molecule has 0 unspecified atom stereocenters. The van der Waals surface area contributed by atoms with E-state index in [9.17, 15) is 22.8 Å². The van der Waals surface area contributed by atoms with Gasteiger partial charge < -0.3 is 9.47 Å². The second kappa shape index (κ2) is 4.94. The molecule has 1 heterocycles. The van der Waals surface area contributed by atoms with Crippen LogP contribution in [0.2, 0.25) is 0 Å². The molecule has 1 aromatic heterocycles. The summed E-state index contributed by atoms with van der Waals surface area (Å²) in [5.74, 6) is -4.06. The van der Waals surface area contributed by atoms with Gasteiger partial charge in [-0.3, -0.25) is 0 Å². The number of alkyl halides is 3. The van der Waals surface area contributed by atoms with Crippen LogP contribution in [0.5, 0.6) is 0 Å². The third-order valence-electron chi connectivity index (χ3n) is 1.70. The molecule has 1 rings (SSSR count). The second-order valence-electron chi connectivity index (χ2n) is 2.81. The van der Waals surface area contributed by atoms with Crippen LogP contribution in [0.15, 0.2) is 0 Å². The maximum absolute atomic E-state index is 12.3. The molecule has 0 aliphatic rings. The van der Waals surface area contributed by atoms with Crippen molar-refractivity contribution in [2.75, 3.05) is 14.2 Å². The van der Waals surface area contributed by atoms with E-state index in [1.165, 1.54) is 0 Å². The number of carbonyl (C=O) groups is 2. The molecule has 0 radical (unpaired) electrons. The number of carbonyl (C=O) groups excluding carboxylic acids is 2. The molecule has 0 amide bonds. The van der Waals surface area contributed by atoms with Crippen molar-refractivity contribution in [2.24, 2.45) is 0 Å². The molecular weight excluding hydrogens is 259 g/mol. The van der Waals surface area contributed by atoms with E-state index in [2.05, 4.69) is 24.7 Å². The molecule has 1 aromatic rings. The normalized spacial score (nSPS) is 10.9. The van der Waals surface area contributed by atoms with Crippen LogP contribution in [0.1, 0.15) is 26.8 Å². The van der Waals surface area contributed by atoms with Gasteiger partial charge in [0.2, 0.25) is 5.69 Å². The first-order valence-electron chi connectivity index (χ1n) is 4.29. The minimum absolute atomic E-state index is 0.752. The Kier molecular flexibility index (Phi) is 3.79. The summed E-state index contributed by atoms with van der Waals surface area (Å²) >= 11 is 0. The van der Waals surface area contributed by atoms with Crippen LogP contribution in [0.3, 0.4) is 0 Å². The Morgan fingerprint density at radius 1 is 1.00 bits per heavy atom. The number of aromatic nitrogens is 3. The average molecular weight is 265 g/mol. The smallest absolute Gasteiger partial charge is 0.453 e. The first-order chi connectivity index (χ1) is 8.31. The first-order valence-corrected chi connectivity index (χ1v) is 4.29. The van der Waals surface area contributed by atoms with Crippen LogP contribution >= 0.6 is 0 Å². The Morgan fingerprint density at radius 2 is 1.50 bits per heavy atom. The summed E-state index contributed by atoms with van der Waals surface area (Å²) in [7, 11) is 1.88. The van der Waals surface area contributed by atoms with E-state index in [4.69, 9.17) is 0 Å². The highest BCUT2D eigenvalue weighted by Gasteiger charge is 2.37. The molecule has 10 heteroatoms. The lowest BCUT2D eigenvalue weighted by molar-refractivity contribution is -0.145.